The van der Waals surface area contributed by atoms with E-state index in [2.05, 4.69) is 28.4 Å². The van der Waals surface area contributed by atoms with E-state index in [-0.39, 0.29) is 5.92 Å². The van der Waals surface area contributed by atoms with Crippen LogP contribution in [0.3, 0.4) is 0 Å². The Morgan fingerprint density at radius 1 is 1.37 bits per heavy atom. The smallest absolute Gasteiger partial charge is 0.240 e. The lowest BCUT2D eigenvalue weighted by Crippen LogP contribution is -2.14. The first-order valence-electron chi connectivity index (χ1n) is 6.63. The minimum Gasteiger partial charge on any atom is -0.492 e. The summed E-state index contributed by atoms with van der Waals surface area (Å²) in [7, 11) is 0. The van der Waals surface area contributed by atoms with Gasteiger partial charge >= 0.3 is 0 Å². The molecule has 0 bridgehead atoms. The molecular weight excluding hydrogens is 242 g/mol. The molecule has 19 heavy (non-hydrogen) atoms. The number of nitrogens with zero attached hydrogens (tertiary/aromatic N) is 2. The highest BCUT2D eigenvalue weighted by atomic mass is 16.5. The third kappa shape index (κ3) is 2.46. The molecule has 3 rings (SSSR count). The molecule has 0 spiro atoms. The summed E-state index contributed by atoms with van der Waals surface area (Å²) in [4.78, 5) is 4.44. The Morgan fingerprint density at radius 3 is 3.16 bits per heavy atom. The molecule has 1 aliphatic heterocycles. The highest BCUT2D eigenvalue weighted by Crippen LogP contribution is 2.36. The third-order valence-electron chi connectivity index (χ3n) is 3.20. The van der Waals surface area contributed by atoms with Crippen molar-refractivity contribution in [2.45, 2.75) is 25.8 Å². The molecule has 0 saturated carbocycles. The van der Waals surface area contributed by atoms with Crippen molar-refractivity contribution >= 4 is 0 Å². The SMILES string of the molecule is CCCNCc1nc(C2COc3ccccc32)no1. The Kier molecular flexibility index (Phi) is 3.46. The quantitative estimate of drug-likeness (QED) is 0.833. The maximum atomic E-state index is 5.64. The zero-order chi connectivity index (χ0) is 13.1. The number of aromatic nitrogens is 2. The van der Waals surface area contributed by atoms with Gasteiger partial charge in [0.1, 0.15) is 12.4 Å². The Morgan fingerprint density at radius 2 is 2.26 bits per heavy atom. The van der Waals surface area contributed by atoms with Crippen LogP contribution in [-0.4, -0.2) is 23.3 Å². The number of hydrogen-bond acceptors (Lipinski definition) is 5. The summed E-state index contributed by atoms with van der Waals surface area (Å²) in [6.07, 6.45) is 1.09. The van der Waals surface area contributed by atoms with Crippen molar-refractivity contribution in [1.82, 2.24) is 15.5 Å². The van der Waals surface area contributed by atoms with Crippen LogP contribution in [0.2, 0.25) is 0 Å². The summed E-state index contributed by atoms with van der Waals surface area (Å²) >= 11 is 0. The summed E-state index contributed by atoms with van der Waals surface area (Å²) in [5.74, 6) is 2.34. The Balaban J connectivity index is 1.74. The standard InChI is InChI=1S/C14H17N3O2/c1-2-7-15-8-13-16-14(17-19-13)11-9-18-12-6-4-3-5-10(11)12/h3-6,11,15H,2,7-9H2,1H3. The summed E-state index contributed by atoms with van der Waals surface area (Å²) in [5.41, 5.74) is 1.14. The van der Waals surface area contributed by atoms with Crippen LogP contribution in [0.4, 0.5) is 0 Å². The topological polar surface area (TPSA) is 60.2 Å². The van der Waals surface area contributed by atoms with Crippen molar-refractivity contribution in [2.75, 3.05) is 13.2 Å². The van der Waals surface area contributed by atoms with Crippen molar-refractivity contribution in [3.63, 3.8) is 0 Å². The fourth-order valence-corrected chi connectivity index (χ4v) is 2.23. The van der Waals surface area contributed by atoms with E-state index >= 15 is 0 Å². The molecule has 1 aliphatic rings. The van der Waals surface area contributed by atoms with Gasteiger partial charge in [-0.15, -0.1) is 0 Å². The summed E-state index contributed by atoms with van der Waals surface area (Å²) in [6, 6.07) is 8.00. The van der Waals surface area contributed by atoms with Gasteiger partial charge in [0, 0.05) is 5.56 Å². The molecule has 1 aromatic carbocycles. The summed E-state index contributed by atoms with van der Waals surface area (Å²) < 4.78 is 10.9. The number of hydrogen-bond donors (Lipinski definition) is 1. The maximum absolute atomic E-state index is 5.64. The van der Waals surface area contributed by atoms with Gasteiger partial charge < -0.3 is 14.6 Å². The fourth-order valence-electron chi connectivity index (χ4n) is 2.23. The average molecular weight is 259 g/mol. The molecule has 1 aromatic heterocycles. The highest BCUT2D eigenvalue weighted by molar-refractivity contribution is 5.42. The number of rotatable bonds is 5. The molecule has 1 atom stereocenters. The lowest BCUT2D eigenvalue weighted by Gasteiger charge is -2.01. The Hall–Kier alpha value is -1.88. The number of benzene rings is 1. The van der Waals surface area contributed by atoms with E-state index in [1.807, 2.05) is 18.2 Å². The zero-order valence-electron chi connectivity index (χ0n) is 10.9. The predicted molar refractivity (Wildman–Crippen MR) is 70.1 cm³/mol. The monoisotopic (exact) mass is 259 g/mol. The van der Waals surface area contributed by atoms with Crippen LogP contribution in [0.15, 0.2) is 28.8 Å². The van der Waals surface area contributed by atoms with Gasteiger partial charge in [0.05, 0.1) is 12.5 Å². The predicted octanol–water partition coefficient (Wildman–Crippen LogP) is 2.09. The number of ether oxygens (including phenoxy) is 1. The van der Waals surface area contributed by atoms with Crippen LogP contribution < -0.4 is 10.1 Å². The second kappa shape index (κ2) is 5.40. The van der Waals surface area contributed by atoms with Gasteiger partial charge in [-0.1, -0.05) is 30.3 Å². The minimum atomic E-state index is 0.0832. The molecule has 0 fully saturated rings. The maximum Gasteiger partial charge on any atom is 0.240 e. The van der Waals surface area contributed by atoms with Crippen LogP contribution >= 0.6 is 0 Å². The second-order valence-corrected chi connectivity index (χ2v) is 4.62. The normalized spacial score (nSPS) is 17.2. The van der Waals surface area contributed by atoms with Gasteiger partial charge in [0.15, 0.2) is 5.82 Å². The van der Waals surface area contributed by atoms with E-state index in [1.165, 1.54) is 0 Å². The molecular formula is C14H17N3O2. The minimum absolute atomic E-state index is 0.0832. The first-order chi connectivity index (χ1) is 9.38. The Labute approximate surface area is 112 Å². The second-order valence-electron chi connectivity index (χ2n) is 4.62. The largest absolute Gasteiger partial charge is 0.492 e. The summed E-state index contributed by atoms with van der Waals surface area (Å²) in [5, 5.41) is 7.32. The molecule has 2 heterocycles. The highest BCUT2D eigenvalue weighted by Gasteiger charge is 2.29. The molecule has 100 valence electrons. The van der Waals surface area contributed by atoms with Gasteiger partial charge in [-0.2, -0.15) is 4.98 Å². The molecule has 1 unspecified atom stereocenters. The zero-order valence-corrected chi connectivity index (χ0v) is 10.9. The van der Waals surface area contributed by atoms with Gasteiger partial charge in [-0.25, -0.2) is 0 Å². The number of fused-ring (bicyclic) bond motifs is 1. The van der Waals surface area contributed by atoms with E-state index in [4.69, 9.17) is 9.26 Å². The van der Waals surface area contributed by atoms with E-state index in [9.17, 15) is 0 Å². The average Bonchev–Trinajstić information content (AvgIpc) is 3.05. The molecule has 1 N–H and O–H groups in total. The van der Waals surface area contributed by atoms with Gasteiger partial charge in [-0.05, 0) is 19.0 Å². The van der Waals surface area contributed by atoms with Crippen molar-refractivity contribution in [2.24, 2.45) is 0 Å². The fraction of sp³-hybridized carbons (Fsp3) is 0.429. The van der Waals surface area contributed by atoms with Crippen molar-refractivity contribution in [1.29, 1.82) is 0 Å². The first-order valence-corrected chi connectivity index (χ1v) is 6.63. The van der Waals surface area contributed by atoms with E-state index in [0.29, 0.717) is 24.9 Å². The van der Waals surface area contributed by atoms with Crippen molar-refractivity contribution in [3.05, 3.63) is 41.5 Å². The van der Waals surface area contributed by atoms with Crippen LogP contribution in [-0.2, 0) is 6.54 Å². The van der Waals surface area contributed by atoms with Gasteiger partial charge in [0.25, 0.3) is 0 Å². The molecule has 2 aromatic rings. The third-order valence-corrected chi connectivity index (χ3v) is 3.20. The molecule has 0 aliphatic carbocycles. The molecule has 0 radical (unpaired) electrons. The van der Waals surface area contributed by atoms with Crippen molar-refractivity contribution < 1.29 is 9.26 Å². The Bertz CT molecular complexity index is 553. The van der Waals surface area contributed by atoms with Crippen LogP contribution in [0, 0.1) is 0 Å². The number of para-hydroxylation sites is 1. The first kappa shape index (κ1) is 12.2. The van der Waals surface area contributed by atoms with Crippen LogP contribution in [0.1, 0.15) is 36.5 Å². The van der Waals surface area contributed by atoms with E-state index in [0.717, 1.165) is 24.3 Å². The summed E-state index contributed by atoms with van der Waals surface area (Å²) in [6.45, 7) is 4.28. The molecule has 5 heteroatoms. The van der Waals surface area contributed by atoms with Gasteiger partial charge in [-0.3, -0.25) is 0 Å². The van der Waals surface area contributed by atoms with E-state index < -0.39 is 0 Å². The van der Waals surface area contributed by atoms with Gasteiger partial charge in [0.2, 0.25) is 5.89 Å². The molecule has 0 saturated heterocycles. The van der Waals surface area contributed by atoms with Crippen molar-refractivity contribution in [3.8, 4) is 5.75 Å². The van der Waals surface area contributed by atoms with E-state index in [1.54, 1.807) is 0 Å². The van der Waals surface area contributed by atoms with Crippen LogP contribution in [0.25, 0.3) is 0 Å². The lowest BCUT2D eigenvalue weighted by atomic mass is 10.0. The van der Waals surface area contributed by atoms with Crippen LogP contribution in [0.5, 0.6) is 5.75 Å². The number of nitrogens with one attached hydrogen (secondary N) is 1. The molecule has 0 amide bonds. The molecule has 5 nitrogen and oxygen atoms in total. The lowest BCUT2D eigenvalue weighted by molar-refractivity contribution is 0.330.